The number of carbonyl (C=O) groups is 3. The number of carboxylic acids is 1. The lowest BCUT2D eigenvalue weighted by molar-refractivity contribution is -0.159. The van der Waals surface area contributed by atoms with Crippen LogP contribution in [0.5, 0.6) is 0 Å². The van der Waals surface area contributed by atoms with E-state index in [2.05, 4.69) is 5.32 Å². The lowest BCUT2D eigenvalue weighted by Gasteiger charge is -2.30. The molecule has 1 saturated heterocycles. The van der Waals surface area contributed by atoms with Gasteiger partial charge in [-0.05, 0) is 5.56 Å². The van der Waals surface area contributed by atoms with Gasteiger partial charge in [-0.3, -0.25) is 9.59 Å². The van der Waals surface area contributed by atoms with Crippen LogP contribution in [0.4, 0.5) is 0 Å². The van der Waals surface area contributed by atoms with Gasteiger partial charge in [0, 0.05) is 6.54 Å². The van der Waals surface area contributed by atoms with E-state index in [-0.39, 0.29) is 37.9 Å². The molecule has 2 N–H and O–H groups in total. The van der Waals surface area contributed by atoms with Gasteiger partial charge in [0.05, 0.1) is 26.1 Å². The molecule has 2 amide bonds. The van der Waals surface area contributed by atoms with Crippen molar-refractivity contribution in [2.75, 3.05) is 26.2 Å². The summed E-state index contributed by atoms with van der Waals surface area (Å²) in [6.07, 6.45) is -0.799. The van der Waals surface area contributed by atoms with Crippen molar-refractivity contribution >= 4 is 17.8 Å². The minimum absolute atomic E-state index is 0.00270. The molecule has 0 bridgehead atoms. The number of benzene rings is 1. The number of morpholine rings is 1. The number of ether oxygens (including phenoxy) is 1. The van der Waals surface area contributed by atoms with Crippen LogP contribution in [0.2, 0.25) is 0 Å². The van der Waals surface area contributed by atoms with Gasteiger partial charge in [-0.25, -0.2) is 4.79 Å². The van der Waals surface area contributed by atoms with Gasteiger partial charge in [-0.1, -0.05) is 30.3 Å². The average molecular weight is 306 g/mol. The van der Waals surface area contributed by atoms with Crippen molar-refractivity contribution in [1.29, 1.82) is 0 Å². The van der Waals surface area contributed by atoms with Crippen LogP contribution < -0.4 is 5.32 Å². The topological polar surface area (TPSA) is 95.9 Å². The van der Waals surface area contributed by atoms with Crippen LogP contribution in [0.3, 0.4) is 0 Å². The lowest BCUT2D eigenvalue weighted by atomic mass is 10.1. The summed E-state index contributed by atoms with van der Waals surface area (Å²) in [6.45, 7) is 0.374. The minimum Gasteiger partial charge on any atom is -0.479 e. The van der Waals surface area contributed by atoms with E-state index >= 15 is 0 Å². The zero-order valence-electron chi connectivity index (χ0n) is 12.0. The highest BCUT2D eigenvalue weighted by Gasteiger charge is 2.28. The molecule has 1 aliphatic heterocycles. The fraction of sp³-hybridized carbons (Fsp3) is 0.400. The van der Waals surface area contributed by atoms with Crippen molar-refractivity contribution in [2.24, 2.45) is 0 Å². The first-order valence-electron chi connectivity index (χ1n) is 6.99. The molecule has 2 rings (SSSR count). The van der Waals surface area contributed by atoms with Crippen molar-refractivity contribution in [3.8, 4) is 0 Å². The van der Waals surface area contributed by atoms with E-state index in [0.717, 1.165) is 5.56 Å². The van der Waals surface area contributed by atoms with E-state index < -0.39 is 12.1 Å². The van der Waals surface area contributed by atoms with Crippen LogP contribution >= 0.6 is 0 Å². The van der Waals surface area contributed by atoms with Crippen LogP contribution in [0.1, 0.15) is 5.56 Å². The Morgan fingerprint density at radius 2 is 2.00 bits per heavy atom. The third kappa shape index (κ3) is 4.56. The first-order chi connectivity index (χ1) is 10.6. The molecule has 1 heterocycles. The van der Waals surface area contributed by atoms with E-state index in [1.54, 1.807) is 0 Å². The third-order valence-corrected chi connectivity index (χ3v) is 3.34. The highest BCUT2D eigenvalue weighted by atomic mass is 16.5. The van der Waals surface area contributed by atoms with E-state index in [4.69, 9.17) is 9.84 Å². The molecular formula is C15H18N2O5. The number of rotatable bonds is 5. The number of nitrogens with one attached hydrogen (secondary N) is 1. The van der Waals surface area contributed by atoms with Gasteiger partial charge in [-0.15, -0.1) is 0 Å². The SMILES string of the molecule is O=C(Cc1ccccc1)NCC(=O)N1CCOC(C(=O)O)C1. The number of carboxylic acid groups (broad SMARTS) is 1. The molecule has 118 valence electrons. The summed E-state index contributed by atoms with van der Waals surface area (Å²) >= 11 is 0. The van der Waals surface area contributed by atoms with E-state index in [1.165, 1.54) is 4.90 Å². The van der Waals surface area contributed by atoms with Crippen molar-refractivity contribution in [2.45, 2.75) is 12.5 Å². The van der Waals surface area contributed by atoms with Crippen LogP contribution in [-0.4, -0.2) is 60.1 Å². The summed E-state index contributed by atoms with van der Waals surface area (Å²) in [6, 6.07) is 9.21. The number of hydrogen-bond donors (Lipinski definition) is 2. The molecule has 0 spiro atoms. The van der Waals surface area contributed by atoms with E-state index in [0.29, 0.717) is 6.54 Å². The Morgan fingerprint density at radius 1 is 1.27 bits per heavy atom. The quantitative estimate of drug-likeness (QED) is 0.776. The highest BCUT2D eigenvalue weighted by Crippen LogP contribution is 2.05. The summed E-state index contributed by atoms with van der Waals surface area (Å²) in [5, 5.41) is 11.4. The average Bonchev–Trinajstić information content (AvgIpc) is 2.53. The maximum atomic E-state index is 12.0. The summed E-state index contributed by atoms with van der Waals surface area (Å²) in [7, 11) is 0. The molecule has 7 heteroatoms. The number of nitrogens with zero attached hydrogens (tertiary/aromatic N) is 1. The standard InChI is InChI=1S/C15H18N2O5/c18-13(8-11-4-2-1-3-5-11)16-9-14(19)17-6-7-22-12(10-17)15(20)21/h1-5,12H,6-10H2,(H,16,18)(H,20,21). The molecule has 1 fully saturated rings. The van der Waals surface area contributed by atoms with Crippen molar-refractivity contribution < 1.29 is 24.2 Å². The van der Waals surface area contributed by atoms with Gasteiger partial charge in [0.25, 0.3) is 0 Å². The molecule has 0 aliphatic carbocycles. The van der Waals surface area contributed by atoms with Crippen LogP contribution in [0.25, 0.3) is 0 Å². The van der Waals surface area contributed by atoms with Crippen molar-refractivity contribution in [1.82, 2.24) is 10.2 Å². The smallest absolute Gasteiger partial charge is 0.334 e. The first-order valence-corrected chi connectivity index (χ1v) is 6.99. The number of carbonyl (C=O) groups excluding carboxylic acids is 2. The zero-order valence-corrected chi connectivity index (χ0v) is 12.0. The Hall–Kier alpha value is -2.41. The van der Waals surface area contributed by atoms with Gasteiger partial charge in [-0.2, -0.15) is 0 Å². The van der Waals surface area contributed by atoms with Gasteiger partial charge in [0.2, 0.25) is 11.8 Å². The Labute approximate surface area is 127 Å². The second-order valence-corrected chi connectivity index (χ2v) is 4.98. The van der Waals surface area contributed by atoms with Crippen molar-refractivity contribution in [3.63, 3.8) is 0 Å². The first kappa shape index (κ1) is 16.0. The third-order valence-electron chi connectivity index (χ3n) is 3.34. The molecule has 1 unspecified atom stereocenters. The second kappa shape index (κ2) is 7.56. The summed E-state index contributed by atoms with van der Waals surface area (Å²) in [5.41, 5.74) is 0.866. The van der Waals surface area contributed by atoms with Gasteiger partial charge in [0.1, 0.15) is 0 Å². The molecule has 1 aromatic rings. The van der Waals surface area contributed by atoms with Gasteiger partial charge >= 0.3 is 5.97 Å². The monoisotopic (exact) mass is 306 g/mol. The summed E-state index contributed by atoms with van der Waals surface area (Å²) in [5.74, 6) is -1.65. The Kier molecular flexibility index (Phi) is 5.48. The second-order valence-electron chi connectivity index (χ2n) is 4.98. The zero-order chi connectivity index (χ0) is 15.9. The molecule has 0 radical (unpaired) electrons. The molecule has 1 aromatic carbocycles. The Bertz CT molecular complexity index is 546. The molecule has 1 aliphatic rings. The maximum absolute atomic E-state index is 12.0. The predicted octanol–water partition coefficient (Wildman–Crippen LogP) is -0.343. The minimum atomic E-state index is -1.09. The lowest BCUT2D eigenvalue weighted by Crippen LogP contribution is -2.51. The Balaban J connectivity index is 1.77. The van der Waals surface area contributed by atoms with Crippen molar-refractivity contribution in [3.05, 3.63) is 35.9 Å². The molecule has 22 heavy (non-hydrogen) atoms. The fourth-order valence-electron chi connectivity index (χ4n) is 2.15. The highest BCUT2D eigenvalue weighted by molar-refractivity contribution is 5.86. The largest absolute Gasteiger partial charge is 0.479 e. The summed E-state index contributed by atoms with van der Waals surface area (Å²) in [4.78, 5) is 36.0. The van der Waals surface area contributed by atoms with Crippen LogP contribution in [0, 0.1) is 0 Å². The molecule has 1 atom stereocenters. The molecule has 7 nitrogen and oxygen atoms in total. The Morgan fingerprint density at radius 3 is 2.68 bits per heavy atom. The number of aliphatic carboxylic acids is 1. The maximum Gasteiger partial charge on any atom is 0.334 e. The molecular weight excluding hydrogens is 288 g/mol. The van der Waals surface area contributed by atoms with Gasteiger partial charge < -0.3 is 20.1 Å². The molecule has 0 aromatic heterocycles. The number of amides is 2. The predicted molar refractivity (Wildman–Crippen MR) is 77.1 cm³/mol. The number of hydrogen-bond acceptors (Lipinski definition) is 4. The molecule has 0 saturated carbocycles. The normalized spacial score (nSPS) is 17.8. The van der Waals surface area contributed by atoms with Crippen LogP contribution in [0.15, 0.2) is 30.3 Å². The van der Waals surface area contributed by atoms with E-state index in [9.17, 15) is 14.4 Å². The van der Waals surface area contributed by atoms with Crippen LogP contribution in [-0.2, 0) is 25.5 Å². The summed E-state index contributed by atoms with van der Waals surface area (Å²) < 4.78 is 5.04. The van der Waals surface area contributed by atoms with E-state index in [1.807, 2.05) is 30.3 Å². The fourth-order valence-corrected chi connectivity index (χ4v) is 2.15. The van der Waals surface area contributed by atoms with Gasteiger partial charge in [0.15, 0.2) is 6.10 Å².